The number of benzene rings is 1. The Morgan fingerprint density at radius 1 is 0.865 bits per heavy atom. The summed E-state index contributed by atoms with van der Waals surface area (Å²) in [4.78, 5) is 34.1. The summed E-state index contributed by atoms with van der Waals surface area (Å²) in [5, 5.41) is 2.18. The average Bonchev–Trinajstić information content (AvgIpc) is 3.64. The fourth-order valence-corrected chi connectivity index (χ4v) is 6.42. The molecule has 0 spiro atoms. The first-order chi connectivity index (χ1) is 18.2. The summed E-state index contributed by atoms with van der Waals surface area (Å²) >= 11 is 1.83. The van der Waals surface area contributed by atoms with Crippen LogP contribution < -0.4 is 4.90 Å². The van der Waals surface area contributed by atoms with Crippen molar-refractivity contribution in [3.05, 3.63) is 83.6 Å². The molecule has 0 saturated carbocycles. The Hall–Kier alpha value is -3.62. The number of hydrogen-bond donors (Lipinski definition) is 0. The minimum Gasteiger partial charge on any atom is -0.368 e. The molecule has 6 rings (SSSR count). The molecular formula is C29H30N6OS. The molecule has 2 saturated heterocycles. The molecule has 0 N–H and O–H groups in total. The highest BCUT2D eigenvalue weighted by atomic mass is 32.1. The molecule has 0 bridgehead atoms. The first kappa shape index (κ1) is 23.8. The highest BCUT2D eigenvalue weighted by Crippen LogP contribution is 2.38. The number of carbonyl (C=O) groups is 1. The molecule has 4 aromatic rings. The number of aromatic nitrogens is 3. The third kappa shape index (κ3) is 5.26. The molecule has 188 valence electrons. The van der Waals surface area contributed by atoms with Gasteiger partial charge in [0.25, 0.3) is 0 Å². The number of thiophene rings is 1. The van der Waals surface area contributed by atoms with Gasteiger partial charge in [-0.05, 0) is 78.0 Å². The van der Waals surface area contributed by atoms with Crippen LogP contribution in [-0.2, 0) is 4.79 Å². The zero-order chi connectivity index (χ0) is 25.0. The summed E-state index contributed by atoms with van der Waals surface area (Å²) in [6.45, 7) is 5.65. The molecule has 0 radical (unpaired) electrons. The molecular weight excluding hydrogens is 480 g/mol. The van der Waals surface area contributed by atoms with E-state index in [0.717, 1.165) is 57.1 Å². The lowest BCUT2D eigenvalue weighted by Gasteiger charge is -2.36. The zero-order valence-corrected chi connectivity index (χ0v) is 21.6. The second-order valence-electron chi connectivity index (χ2n) is 9.64. The third-order valence-corrected chi connectivity index (χ3v) is 8.46. The van der Waals surface area contributed by atoms with Gasteiger partial charge < -0.3 is 9.80 Å². The molecule has 1 atom stereocenters. The van der Waals surface area contributed by atoms with Gasteiger partial charge in [0.2, 0.25) is 5.91 Å². The topological polar surface area (TPSA) is 65.5 Å². The van der Waals surface area contributed by atoms with Gasteiger partial charge in [0.15, 0.2) is 5.82 Å². The van der Waals surface area contributed by atoms with Gasteiger partial charge in [-0.15, -0.1) is 11.3 Å². The number of piperazine rings is 1. The van der Waals surface area contributed by atoms with Crippen molar-refractivity contribution in [1.82, 2.24) is 24.8 Å². The van der Waals surface area contributed by atoms with E-state index in [-0.39, 0.29) is 5.91 Å². The first-order valence-corrected chi connectivity index (χ1v) is 13.7. The van der Waals surface area contributed by atoms with Crippen LogP contribution in [-0.4, -0.2) is 76.5 Å². The first-order valence-electron chi connectivity index (χ1n) is 12.8. The number of carbonyl (C=O) groups excluding carboxylic acids is 1. The Morgan fingerprint density at radius 2 is 1.62 bits per heavy atom. The van der Waals surface area contributed by atoms with Crippen molar-refractivity contribution in [2.75, 3.05) is 50.7 Å². The van der Waals surface area contributed by atoms with Crippen LogP contribution in [0.5, 0.6) is 0 Å². The molecule has 1 amide bonds. The Labute approximate surface area is 221 Å². The number of likely N-dealkylation sites (tertiary alicyclic amines) is 1. The smallest absolute Gasteiger partial charge is 0.236 e. The molecule has 5 heterocycles. The highest BCUT2D eigenvalue weighted by molar-refractivity contribution is 7.10. The summed E-state index contributed by atoms with van der Waals surface area (Å²) in [7, 11) is 0. The van der Waals surface area contributed by atoms with E-state index in [1.54, 1.807) is 12.4 Å². The Bertz CT molecular complexity index is 1320. The quantitative estimate of drug-likeness (QED) is 0.383. The van der Waals surface area contributed by atoms with Crippen molar-refractivity contribution in [3.63, 3.8) is 0 Å². The number of hydrogen-bond acceptors (Lipinski definition) is 7. The second kappa shape index (κ2) is 10.8. The van der Waals surface area contributed by atoms with Crippen molar-refractivity contribution in [2.24, 2.45) is 0 Å². The Balaban J connectivity index is 1.01. The molecule has 3 aromatic heterocycles. The molecule has 1 aromatic carbocycles. The monoisotopic (exact) mass is 510 g/mol. The van der Waals surface area contributed by atoms with Gasteiger partial charge in [0.1, 0.15) is 0 Å². The van der Waals surface area contributed by atoms with Crippen molar-refractivity contribution >= 4 is 22.9 Å². The second-order valence-corrected chi connectivity index (χ2v) is 10.6. The highest BCUT2D eigenvalue weighted by Gasteiger charge is 2.30. The van der Waals surface area contributed by atoms with Gasteiger partial charge in [-0.3, -0.25) is 14.7 Å². The lowest BCUT2D eigenvalue weighted by molar-refractivity contribution is -0.132. The maximum absolute atomic E-state index is 13.1. The molecule has 2 aliphatic rings. The SMILES string of the molecule is O=C(CN1CCC(c2sccc2-c2ccncc2)C1)N1CCN(c2ccc(-c3ncccn3)cc2)CC1. The third-order valence-electron chi connectivity index (χ3n) is 7.38. The molecule has 7 nitrogen and oxygen atoms in total. The lowest BCUT2D eigenvalue weighted by Crippen LogP contribution is -2.51. The lowest BCUT2D eigenvalue weighted by atomic mass is 9.99. The van der Waals surface area contributed by atoms with E-state index < -0.39 is 0 Å². The maximum atomic E-state index is 13.1. The number of rotatable bonds is 6. The van der Waals surface area contributed by atoms with Gasteiger partial charge >= 0.3 is 0 Å². The van der Waals surface area contributed by atoms with Crippen molar-refractivity contribution < 1.29 is 4.79 Å². The van der Waals surface area contributed by atoms with Crippen molar-refractivity contribution in [2.45, 2.75) is 12.3 Å². The number of nitrogens with zero attached hydrogens (tertiary/aromatic N) is 6. The van der Waals surface area contributed by atoms with E-state index in [0.29, 0.717) is 12.5 Å². The summed E-state index contributed by atoms with van der Waals surface area (Å²) in [6, 6.07) is 16.6. The van der Waals surface area contributed by atoms with E-state index in [1.165, 1.54) is 21.7 Å². The predicted molar refractivity (Wildman–Crippen MR) is 148 cm³/mol. The largest absolute Gasteiger partial charge is 0.368 e. The van der Waals surface area contributed by atoms with Crippen LogP contribution in [0.25, 0.3) is 22.5 Å². The number of amides is 1. The van der Waals surface area contributed by atoms with E-state index in [1.807, 2.05) is 34.7 Å². The molecule has 1 unspecified atom stereocenters. The van der Waals surface area contributed by atoms with E-state index in [4.69, 9.17) is 0 Å². The summed E-state index contributed by atoms with van der Waals surface area (Å²) < 4.78 is 0. The summed E-state index contributed by atoms with van der Waals surface area (Å²) in [6.07, 6.45) is 8.33. The van der Waals surface area contributed by atoms with Gasteiger partial charge in [0, 0.05) is 79.6 Å². The fraction of sp³-hybridized carbons (Fsp3) is 0.310. The average molecular weight is 511 g/mol. The molecule has 2 aliphatic heterocycles. The zero-order valence-electron chi connectivity index (χ0n) is 20.7. The van der Waals surface area contributed by atoms with Gasteiger partial charge in [0.05, 0.1) is 6.54 Å². The number of pyridine rings is 1. The normalized spacial score (nSPS) is 18.3. The maximum Gasteiger partial charge on any atom is 0.236 e. The molecule has 37 heavy (non-hydrogen) atoms. The van der Waals surface area contributed by atoms with E-state index in [9.17, 15) is 4.79 Å². The van der Waals surface area contributed by atoms with Crippen LogP contribution in [0, 0.1) is 0 Å². The fourth-order valence-electron chi connectivity index (χ4n) is 5.37. The van der Waals surface area contributed by atoms with Crippen LogP contribution in [0.1, 0.15) is 17.2 Å². The van der Waals surface area contributed by atoms with Gasteiger partial charge in [-0.1, -0.05) is 0 Å². The molecule has 2 fully saturated rings. The van der Waals surface area contributed by atoms with Crippen LogP contribution in [0.3, 0.4) is 0 Å². The Morgan fingerprint density at radius 3 is 2.38 bits per heavy atom. The summed E-state index contributed by atoms with van der Waals surface area (Å²) in [5.74, 6) is 1.47. The predicted octanol–water partition coefficient (Wildman–Crippen LogP) is 4.41. The minimum absolute atomic E-state index is 0.248. The minimum atomic E-state index is 0.248. The van der Waals surface area contributed by atoms with Crippen LogP contribution in [0.2, 0.25) is 0 Å². The van der Waals surface area contributed by atoms with Gasteiger partial charge in [-0.25, -0.2) is 9.97 Å². The van der Waals surface area contributed by atoms with E-state index >= 15 is 0 Å². The number of anilines is 1. The van der Waals surface area contributed by atoms with Crippen molar-refractivity contribution in [1.29, 1.82) is 0 Å². The van der Waals surface area contributed by atoms with Crippen molar-refractivity contribution in [3.8, 4) is 22.5 Å². The van der Waals surface area contributed by atoms with Crippen LogP contribution >= 0.6 is 11.3 Å². The molecule has 8 heteroatoms. The van der Waals surface area contributed by atoms with Gasteiger partial charge in [-0.2, -0.15) is 0 Å². The van der Waals surface area contributed by atoms with Crippen LogP contribution in [0.15, 0.2) is 78.7 Å². The van der Waals surface area contributed by atoms with Crippen LogP contribution in [0.4, 0.5) is 5.69 Å². The van der Waals surface area contributed by atoms with E-state index in [2.05, 4.69) is 72.6 Å². The molecule has 0 aliphatic carbocycles. The standard InChI is InChI=1S/C29H30N6OS/c36-27(21-33-14-8-24(20-33)28-26(9-19-37-28)22-6-12-30-13-7-22)35-17-15-34(16-18-35)25-4-2-23(3-5-25)29-31-10-1-11-32-29/h1-7,9-13,19,24H,8,14-18,20-21H2. The Kier molecular flexibility index (Phi) is 6.92. The summed E-state index contributed by atoms with van der Waals surface area (Å²) in [5.41, 5.74) is 4.72.